The number of hydrogen-bond acceptors (Lipinski definition) is 3. The Hall–Kier alpha value is -1.55. The van der Waals surface area contributed by atoms with Crippen molar-refractivity contribution in [2.45, 2.75) is 40.2 Å². The second-order valence-electron chi connectivity index (χ2n) is 5.29. The standard InChI is InChI=1S/C16H25NO3/c1-5-14(4)17(11-16(18)19)6-7-20-15-9-12(2)8-13(3)10-15/h8-10,14H,5-7,11H2,1-4H3,(H,18,19). The number of hydrogen-bond donors (Lipinski definition) is 1. The Morgan fingerprint density at radius 3 is 2.40 bits per heavy atom. The predicted octanol–water partition coefficient (Wildman–Crippen LogP) is 2.87. The Morgan fingerprint density at radius 1 is 1.30 bits per heavy atom. The van der Waals surface area contributed by atoms with Gasteiger partial charge in [-0.05, 0) is 50.5 Å². The van der Waals surface area contributed by atoms with E-state index < -0.39 is 5.97 Å². The van der Waals surface area contributed by atoms with E-state index in [2.05, 4.69) is 13.0 Å². The molecule has 1 N–H and O–H groups in total. The van der Waals surface area contributed by atoms with Gasteiger partial charge in [-0.1, -0.05) is 13.0 Å². The number of benzene rings is 1. The zero-order chi connectivity index (χ0) is 15.1. The van der Waals surface area contributed by atoms with Gasteiger partial charge in [0.15, 0.2) is 0 Å². The van der Waals surface area contributed by atoms with E-state index in [1.54, 1.807) is 0 Å². The van der Waals surface area contributed by atoms with E-state index in [9.17, 15) is 4.79 Å². The third-order valence-electron chi connectivity index (χ3n) is 3.39. The van der Waals surface area contributed by atoms with Crippen LogP contribution in [0.3, 0.4) is 0 Å². The first-order valence-electron chi connectivity index (χ1n) is 7.09. The Kier molecular flexibility index (Phi) is 6.52. The van der Waals surface area contributed by atoms with Gasteiger partial charge < -0.3 is 9.84 Å². The smallest absolute Gasteiger partial charge is 0.317 e. The lowest BCUT2D eigenvalue weighted by molar-refractivity contribution is -0.139. The first-order valence-corrected chi connectivity index (χ1v) is 7.09. The van der Waals surface area contributed by atoms with Crippen molar-refractivity contribution in [2.24, 2.45) is 0 Å². The van der Waals surface area contributed by atoms with Gasteiger partial charge in [-0.2, -0.15) is 0 Å². The molecule has 0 aromatic heterocycles. The van der Waals surface area contributed by atoms with Crippen molar-refractivity contribution < 1.29 is 14.6 Å². The van der Waals surface area contributed by atoms with Crippen LogP contribution >= 0.6 is 0 Å². The maximum atomic E-state index is 10.9. The third kappa shape index (κ3) is 5.61. The molecular formula is C16H25NO3. The van der Waals surface area contributed by atoms with Crippen LogP contribution in [0.2, 0.25) is 0 Å². The van der Waals surface area contributed by atoms with Crippen molar-refractivity contribution in [2.75, 3.05) is 19.7 Å². The number of aliphatic carboxylic acids is 1. The normalized spacial score (nSPS) is 12.4. The summed E-state index contributed by atoms with van der Waals surface area (Å²) in [6, 6.07) is 6.34. The number of carboxylic acids is 1. The summed E-state index contributed by atoms with van der Waals surface area (Å²) in [6.45, 7) is 9.36. The molecule has 1 atom stereocenters. The van der Waals surface area contributed by atoms with Gasteiger partial charge in [-0.25, -0.2) is 0 Å². The van der Waals surface area contributed by atoms with Gasteiger partial charge in [0.1, 0.15) is 12.4 Å². The number of carboxylic acid groups (broad SMARTS) is 1. The van der Waals surface area contributed by atoms with E-state index in [1.807, 2.05) is 37.8 Å². The van der Waals surface area contributed by atoms with Crippen LogP contribution in [0.4, 0.5) is 0 Å². The van der Waals surface area contributed by atoms with Gasteiger partial charge >= 0.3 is 5.97 Å². The van der Waals surface area contributed by atoms with Gasteiger partial charge in [-0.15, -0.1) is 0 Å². The molecule has 4 heteroatoms. The summed E-state index contributed by atoms with van der Waals surface area (Å²) in [5.74, 6) is 0.0543. The van der Waals surface area contributed by atoms with Crippen LogP contribution < -0.4 is 4.74 Å². The highest BCUT2D eigenvalue weighted by molar-refractivity contribution is 5.69. The van der Waals surface area contributed by atoms with E-state index in [0.717, 1.165) is 12.2 Å². The van der Waals surface area contributed by atoms with Gasteiger partial charge in [0.05, 0.1) is 6.54 Å². The molecule has 1 rings (SSSR count). The topological polar surface area (TPSA) is 49.8 Å². The second kappa shape index (κ2) is 7.90. The minimum Gasteiger partial charge on any atom is -0.492 e. The minimum atomic E-state index is -0.795. The van der Waals surface area contributed by atoms with E-state index >= 15 is 0 Å². The van der Waals surface area contributed by atoms with Crippen LogP contribution in [0.1, 0.15) is 31.4 Å². The molecule has 0 aliphatic rings. The van der Waals surface area contributed by atoms with Crippen molar-refractivity contribution in [1.29, 1.82) is 0 Å². The summed E-state index contributed by atoms with van der Waals surface area (Å²) < 4.78 is 5.74. The highest BCUT2D eigenvalue weighted by Gasteiger charge is 2.15. The van der Waals surface area contributed by atoms with Gasteiger partial charge in [0, 0.05) is 12.6 Å². The molecule has 0 saturated carbocycles. The Labute approximate surface area is 121 Å². The van der Waals surface area contributed by atoms with Crippen molar-refractivity contribution in [3.05, 3.63) is 29.3 Å². The van der Waals surface area contributed by atoms with Crippen molar-refractivity contribution in [3.8, 4) is 5.75 Å². The van der Waals surface area contributed by atoms with Crippen LogP contribution in [0.25, 0.3) is 0 Å². The molecule has 1 unspecified atom stereocenters. The van der Waals surface area contributed by atoms with E-state index in [-0.39, 0.29) is 12.6 Å². The fourth-order valence-electron chi connectivity index (χ4n) is 2.18. The number of aryl methyl sites for hydroxylation is 2. The van der Waals surface area contributed by atoms with E-state index in [1.165, 1.54) is 11.1 Å². The summed E-state index contributed by atoms with van der Waals surface area (Å²) in [5.41, 5.74) is 2.34. The highest BCUT2D eigenvalue weighted by Crippen LogP contribution is 2.16. The number of carbonyl (C=O) groups is 1. The fraction of sp³-hybridized carbons (Fsp3) is 0.562. The molecule has 20 heavy (non-hydrogen) atoms. The van der Waals surface area contributed by atoms with E-state index in [0.29, 0.717) is 13.2 Å². The first kappa shape index (κ1) is 16.5. The summed E-state index contributed by atoms with van der Waals surface area (Å²) in [5, 5.41) is 8.93. The van der Waals surface area contributed by atoms with Crippen molar-refractivity contribution >= 4 is 5.97 Å². The fourth-order valence-corrected chi connectivity index (χ4v) is 2.18. The van der Waals surface area contributed by atoms with Gasteiger partial charge in [-0.3, -0.25) is 9.69 Å². The zero-order valence-corrected chi connectivity index (χ0v) is 12.8. The number of nitrogens with zero attached hydrogens (tertiary/aromatic N) is 1. The second-order valence-corrected chi connectivity index (χ2v) is 5.29. The quantitative estimate of drug-likeness (QED) is 0.795. The van der Waals surface area contributed by atoms with Crippen LogP contribution in [0, 0.1) is 13.8 Å². The highest BCUT2D eigenvalue weighted by atomic mass is 16.5. The largest absolute Gasteiger partial charge is 0.492 e. The van der Waals surface area contributed by atoms with E-state index in [4.69, 9.17) is 9.84 Å². The predicted molar refractivity (Wildman–Crippen MR) is 80.4 cm³/mol. The van der Waals surface area contributed by atoms with Crippen molar-refractivity contribution in [1.82, 2.24) is 4.90 Å². The lowest BCUT2D eigenvalue weighted by Gasteiger charge is -2.26. The SMILES string of the molecule is CCC(C)N(CCOc1cc(C)cc(C)c1)CC(=O)O. The molecule has 4 nitrogen and oxygen atoms in total. The van der Waals surface area contributed by atoms with Gasteiger partial charge in [0.25, 0.3) is 0 Å². The van der Waals surface area contributed by atoms with Crippen LogP contribution in [-0.4, -0.2) is 41.7 Å². The summed E-state index contributed by atoms with van der Waals surface area (Å²) in [4.78, 5) is 12.8. The molecule has 1 aromatic carbocycles. The third-order valence-corrected chi connectivity index (χ3v) is 3.39. The van der Waals surface area contributed by atoms with Crippen LogP contribution in [-0.2, 0) is 4.79 Å². The minimum absolute atomic E-state index is 0.0607. The molecule has 0 spiro atoms. The average Bonchev–Trinajstić information content (AvgIpc) is 2.35. The number of rotatable bonds is 8. The molecule has 0 aliphatic carbocycles. The first-order chi connectivity index (χ1) is 9.42. The molecule has 1 aromatic rings. The summed E-state index contributed by atoms with van der Waals surface area (Å²) in [7, 11) is 0. The molecule has 0 amide bonds. The van der Waals surface area contributed by atoms with Crippen LogP contribution in [0.15, 0.2) is 18.2 Å². The Morgan fingerprint density at radius 2 is 1.90 bits per heavy atom. The maximum absolute atomic E-state index is 10.9. The Balaban J connectivity index is 2.52. The molecule has 0 aliphatic heterocycles. The van der Waals surface area contributed by atoms with Crippen molar-refractivity contribution in [3.63, 3.8) is 0 Å². The molecule has 0 fully saturated rings. The molecule has 0 radical (unpaired) electrons. The number of ether oxygens (including phenoxy) is 1. The molecule has 0 heterocycles. The maximum Gasteiger partial charge on any atom is 0.317 e. The molecule has 0 saturated heterocycles. The lowest BCUT2D eigenvalue weighted by atomic mass is 10.1. The van der Waals surface area contributed by atoms with Gasteiger partial charge in [0.2, 0.25) is 0 Å². The summed E-state index contributed by atoms with van der Waals surface area (Å²) in [6.07, 6.45) is 0.927. The zero-order valence-electron chi connectivity index (χ0n) is 12.8. The monoisotopic (exact) mass is 279 g/mol. The molecular weight excluding hydrogens is 254 g/mol. The molecule has 0 bridgehead atoms. The van der Waals surface area contributed by atoms with Crippen LogP contribution in [0.5, 0.6) is 5.75 Å². The summed E-state index contributed by atoms with van der Waals surface area (Å²) >= 11 is 0. The average molecular weight is 279 g/mol. The Bertz CT molecular complexity index is 425. The molecule has 112 valence electrons. The lowest BCUT2D eigenvalue weighted by Crippen LogP contribution is -2.39.